The van der Waals surface area contributed by atoms with Crippen molar-refractivity contribution in [2.24, 2.45) is 0 Å². The third-order valence-corrected chi connectivity index (χ3v) is 3.95. The Kier molecular flexibility index (Phi) is 3.49. The zero-order valence-corrected chi connectivity index (χ0v) is 11.6. The van der Waals surface area contributed by atoms with Crippen LogP contribution in [0.3, 0.4) is 0 Å². The van der Waals surface area contributed by atoms with E-state index in [1.807, 2.05) is 0 Å². The highest BCUT2D eigenvalue weighted by atomic mass is 19.4. The van der Waals surface area contributed by atoms with Crippen LogP contribution in [0, 0.1) is 6.92 Å². The van der Waals surface area contributed by atoms with Crippen LogP contribution in [0.5, 0.6) is 0 Å². The van der Waals surface area contributed by atoms with Crippen molar-refractivity contribution in [3.63, 3.8) is 0 Å². The van der Waals surface area contributed by atoms with Gasteiger partial charge in [-0.3, -0.25) is 0 Å². The summed E-state index contributed by atoms with van der Waals surface area (Å²) in [6.07, 6.45) is -0.0390. The molecule has 112 valence electrons. The fraction of sp³-hybridized carbons (Fsp3) is 0.400. The fourth-order valence-electron chi connectivity index (χ4n) is 2.80. The Morgan fingerprint density at radius 1 is 1.33 bits per heavy atom. The molecule has 1 atom stereocenters. The lowest BCUT2D eigenvalue weighted by molar-refractivity contribution is -0.138. The number of imidazole rings is 1. The second-order valence-electron chi connectivity index (χ2n) is 5.38. The van der Waals surface area contributed by atoms with Crippen molar-refractivity contribution in [1.82, 2.24) is 14.9 Å². The number of hydrogen-bond acceptors (Lipinski definition) is 2. The third-order valence-electron chi connectivity index (χ3n) is 3.95. The maximum absolute atomic E-state index is 13.0. The predicted molar refractivity (Wildman–Crippen MR) is 73.5 cm³/mol. The summed E-state index contributed by atoms with van der Waals surface area (Å²) in [6.45, 7) is 3.24. The van der Waals surface area contributed by atoms with Crippen molar-refractivity contribution in [3.8, 4) is 5.69 Å². The van der Waals surface area contributed by atoms with Gasteiger partial charge >= 0.3 is 6.18 Å². The highest BCUT2D eigenvalue weighted by Crippen LogP contribution is 2.34. The quantitative estimate of drug-likeness (QED) is 0.921. The van der Waals surface area contributed by atoms with Crippen LogP contribution in [-0.2, 0) is 6.18 Å². The normalized spacial score (nSPS) is 19.1. The zero-order valence-electron chi connectivity index (χ0n) is 11.6. The fourth-order valence-corrected chi connectivity index (χ4v) is 2.80. The number of nitrogens with zero attached hydrogens (tertiary/aromatic N) is 2. The molecule has 1 aromatic heterocycles. The number of hydrogen-bond donors (Lipinski definition) is 1. The van der Waals surface area contributed by atoms with E-state index < -0.39 is 11.7 Å². The molecule has 1 aromatic carbocycles. The first-order chi connectivity index (χ1) is 9.97. The highest BCUT2D eigenvalue weighted by molar-refractivity contribution is 5.43. The van der Waals surface area contributed by atoms with E-state index in [0.717, 1.165) is 25.2 Å². The molecule has 0 bridgehead atoms. The van der Waals surface area contributed by atoms with E-state index in [4.69, 9.17) is 0 Å². The highest BCUT2D eigenvalue weighted by Gasteiger charge is 2.33. The molecule has 2 aromatic rings. The van der Waals surface area contributed by atoms with Crippen molar-refractivity contribution in [3.05, 3.63) is 47.5 Å². The second-order valence-corrected chi connectivity index (χ2v) is 5.38. The van der Waals surface area contributed by atoms with Gasteiger partial charge in [0.1, 0.15) is 0 Å². The molecule has 0 aliphatic carbocycles. The minimum Gasteiger partial charge on any atom is -0.316 e. The summed E-state index contributed by atoms with van der Waals surface area (Å²) in [5, 5.41) is 3.26. The van der Waals surface area contributed by atoms with Gasteiger partial charge in [-0.15, -0.1) is 0 Å². The molecule has 1 fully saturated rings. The van der Waals surface area contributed by atoms with E-state index in [2.05, 4.69) is 10.3 Å². The number of alkyl halides is 3. The monoisotopic (exact) mass is 295 g/mol. The van der Waals surface area contributed by atoms with Crippen LogP contribution in [0.25, 0.3) is 5.69 Å². The Morgan fingerprint density at radius 3 is 2.81 bits per heavy atom. The van der Waals surface area contributed by atoms with Gasteiger partial charge in [0.2, 0.25) is 0 Å². The van der Waals surface area contributed by atoms with Gasteiger partial charge in [-0.1, -0.05) is 6.07 Å². The maximum atomic E-state index is 13.0. The Hall–Kier alpha value is -1.82. The zero-order chi connectivity index (χ0) is 15.0. The molecule has 6 heteroatoms. The molecule has 21 heavy (non-hydrogen) atoms. The molecule has 2 heterocycles. The van der Waals surface area contributed by atoms with Crippen molar-refractivity contribution in [2.75, 3.05) is 13.1 Å². The topological polar surface area (TPSA) is 29.9 Å². The van der Waals surface area contributed by atoms with Crippen molar-refractivity contribution in [1.29, 1.82) is 0 Å². The summed E-state index contributed by atoms with van der Waals surface area (Å²) in [5.74, 6) is 0.295. The van der Waals surface area contributed by atoms with Crippen LogP contribution in [0.4, 0.5) is 13.2 Å². The summed E-state index contributed by atoms with van der Waals surface area (Å²) in [7, 11) is 0. The Bertz CT molecular complexity index is 640. The van der Waals surface area contributed by atoms with E-state index >= 15 is 0 Å². The maximum Gasteiger partial charge on any atom is 0.416 e. The SMILES string of the molecule is Cc1ccc(-n2cncc2C2CCNC2)cc1C(F)(F)F. The van der Waals surface area contributed by atoms with Crippen LogP contribution in [0.1, 0.15) is 29.2 Å². The summed E-state index contributed by atoms with van der Waals surface area (Å²) in [5.41, 5.74) is 1.10. The second kappa shape index (κ2) is 5.18. The van der Waals surface area contributed by atoms with Crippen LogP contribution in [0.15, 0.2) is 30.7 Å². The molecular formula is C15H16F3N3. The molecule has 0 spiro atoms. The minimum atomic E-state index is -4.34. The smallest absolute Gasteiger partial charge is 0.316 e. The van der Waals surface area contributed by atoms with Gasteiger partial charge in [-0.05, 0) is 37.6 Å². The number of aryl methyl sites for hydroxylation is 1. The summed E-state index contributed by atoms with van der Waals surface area (Å²) < 4.78 is 40.9. The number of rotatable bonds is 2. The Balaban J connectivity index is 2.03. The number of benzene rings is 1. The molecule has 0 radical (unpaired) electrons. The van der Waals surface area contributed by atoms with Crippen LogP contribution < -0.4 is 5.32 Å². The molecule has 0 saturated carbocycles. The largest absolute Gasteiger partial charge is 0.416 e. The average Bonchev–Trinajstić information content (AvgIpc) is 3.08. The van der Waals surface area contributed by atoms with Crippen LogP contribution in [0.2, 0.25) is 0 Å². The van der Waals surface area contributed by atoms with Crippen molar-refractivity contribution < 1.29 is 13.2 Å². The molecule has 1 unspecified atom stereocenters. The number of nitrogens with one attached hydrogen (secondary N) is 1. The van der Waals surface area contributed by atoms with Gasteiger partial charge < -0.3 is 9.88 Å². The lowest BCUT2D eigenvalue weighted by Gasteiger charge is -2.16. The summed E-state index contributed by atoms with van der Waals surface area (Å²) in [6, 6.07) is 4.41. The van der Waals surface area contributed by atoms with Gasteiger partial charge in [-0.2, -0.15) is 13.2 Å². The molecule has 1 aliphatic heterocycles. The molecule has 1 aliphatic rings. The first-order valence-corrected chi connectivity index (χ1v) is 6.88. The van der Waals surface area contributed by atoms with E-state index in [9.17, 15) is 13.2 Å². The average molecular weight is 295 g/mol. The summed E-state index contributed by atoms with van der Waals surface area (Å²) >= 11 is 0. The molecular weight excluding hydrogens is 279 g/mol. The van der Waals surface area contributed by atoms with Gasteiger partial charge in [0.15, 0.2) is 0 Å². The van der Waals surface area contributed by atoms with E-state index in [1.54, 1.807) is 23.2 Å². The van der Waals surface area contributed by atoms with Gasteiger partial charge in [0, 0.05) is 30.0 Å². The van der Waals surface area contributed by atoms with E-state index in [0.29, 0.717) is 11.6 Å². The lowest BCUT2D eigenvalue weighted by atomic mass is 10.0. The molecule has 3 nitrogen and oxygen atoms in total. The van der Waals surface area contributed by atoms with Crippen LogP contribution in [-0.4, -0.2) is 22.6 Å². The molecule has 3 rings (SSSR count). The Labute approximate surface area is 120 Å². The van der Waals surface area contributed by atoms with Gasteiger partial charge in [0.25, 0.3) is 0 Å². The van der Waals surface area contributed by atoms with E-state index in [1.165, 1.54) is 19.1 Å². The molecule has 0 amide bonds. The first-order valence-electron chi connectivity index (χ1n) is 6.88. The first kappa shape index (κ1) is 14.1. The predicted octanol–water partition coefficient (Wildman–Crippen LogP) is 3.28. The minimum absolute atomic E-state index is 0.232. The van der Waals surface area contributed by atoms with Crippen molar-refractivity contribution in [2.45, 2.75) is 25.4 Å². The van der Waals surface area contributed by atoms with E-state index in [-0.39, 0.29) is 5.56 Å². The molecule has 1 N–H and O–H groups in total. The van der Waals surface area contributed by atoms with Gasteiger partial charge in [-0.25, -0.2) is 4.98 Å². The molecule has 1 saturated heterocycles. The lowest BCUT2D eigenvalue weighted by Crippen LogP contribution is -2.12. The number of aromatic nitrogens is 2. The van der Waals surface area contributed by atoms with Crippen molar-refractivity contribution >= 4 is 0 Å². The number of halogens is 3. The Morgan fingerprint density at radius 2 is 2.14 bits per heavy atom. The third kappa shape index (κ3) is 2.68. The summed E-state index contributed by atoms with van der Waals surface area (Å²) in [4.78, 5) is 4.11. The van der Waals surface area contributed by atoms with Gasteiger partial charge in [0.05, 0.1) is 11.9 Å². The van der Waals surface area contributed by atoms with Crippen LogP contribution >= 0.6 is 0 Å². The standard InChI is InChI=1S/C15H16F3N3/c1-10-2-3-12(6-13(10)15(16,17)18)21-9-20-8-14(21)11-4-5-19-7-11/h2-3,6,8-9,11,19H,4-5,7H2,1H3.